The van der Waals surface area contributed by atoms with Crippen LogP contribution in [0.25, 0.3) is 5.82 Å². The number of pyridine rings is 1. The molecule has 2 aromatic rings. The summed E-state index contributed by atoms with van der Waals surface area (Å²) in [5.74, 6) is 1.10. The summed E-state index contributed by atoms with van der Waals surface area (Å²) in [7, 11) is 0. The highest BCUT2D eigenvalue weighted by Crippen LogP contribution is 2.13. The summed E-state index contributed by atoms with van der Waals surface area (Å²) in [6, 6.07) is 5.86. The fourth-order valence-corrected chi connectivity index (χ4v) is 2.99. The largest absolute Gasteiger partial charge is 0.349 e. The highest BCUT2D eigenvalue weighted by Gasteiger charge is 2.23. The number of nitrogens with zero attached hydrogens (tertiary/aromatic N) is 3. The molecule has 1 amide bonds. The zero-order valence-electron chi connectivity index (χ0n) is 14.7. The van der Waals surface area contributed by atoms with Crippen LogP contribution in [0.5, 0.6) is 0 Å². The molecule has 2 atom stereocenters. The number of amides is 1. The maximum atomic E-state index is 12.4. The second-order valence-corrected chi connectivity index (χ2v) is 6.29. The maximum Gasteiger partial charge on any atom is 0.253 e. The second-order valence-electron chi connectivity index (χ2n) is 6.29. The minimum absolute atomic E-state index is 0. The van der Waals surface area contributed by atoms with Gasteiger partial charge >= 0.3 is 0 Å². The van der Waals surface area contributed by atoms with E-state index in [9.17, 15) is 4.79 Å². The topological polar surface area (TPSA) is 71.8 Å². The first-order chi connectivity index (χ1) is 11.0. The molecule has 6 nitrogen and oxygen atoms in total. The van der Waals surface area contributed by atoms with Crippen LogP contribution in [0.15, 0.2) is 24.4 Å². The lowest BCUT2D eigenvalue weighted by Crippen LogP contribution is -2.48. The minimum Gasteiger partial charge on any atom is -0.349 e. The molecule has 2 unspecified atom stereocenters. The van der Waals surface area contributed by atoms with E-state index >= 15 is 0 Å². The number of hydrogen-bond acceptors (Lipinski definition) is 4. The third kappa shape index (κ3) is 4.93. The highest BCUT2D eigenvalue weighted by molar-refractivity contribution is 5.94. The molecule has 0 spiro atoms. The molecule has 25 heavy (non-hydrogen) atoms. The average Bonchev–Trinajstić information content (AvgIpc) is 2.88. The monoisotopic (exact) mass is 385 g/mol. The SMILES string of the molecule is Cc1cc(C)n(-c2ccc(C(=O)NC3CCNCC3C)cn2)n1.Cl.Cl. The van der Waals surface area contributed by atoms with Crippen LogP contribution in [0.4, 0.5) is 0 Å². The van der Waals surface area contributed by atoms with Gasteiger partial charge in [0.05, 0.1) is 11.3 Å². The Bertz CT molecular complexity index is 702. The zero-order chi connectivity index (χ0) is 16.4. The average molecular weight is 386 g/mol. The van der Waals surface area contributed by atoms with E-state index in [0.717, 1.165) is 36.7 Å². The predicted molar refractivity (Wildman–Crippen MR) is 103 cm³/mol. The lowest BCUT2D eigenvalue weighted by atomic mass is 9.95. The molecule has 3 rings (SSSR count). The van der Waals surface area contributed by atoms with E-state index in [-0.39, 0.29) is 36.8 Å². The lowest BCUT2D eigenvalue weighted by Gasteiger charge is -2.30. The van der Waals surface area contributed by atoms with E-state index in [1.807, 2.05) is 26.0 Å². The molecule has 138 valence electrons. The summed E-state index contributed by atoms with van der Waals surface area (Å²) < 4.78 is 1.78. The van der Waals surface area contributed by atoms with E-state index in [1.54, 1.807) is 16.9 Å². The molecule has 8 heteroatoms. The van der Waals surface area contributed by atoms with E-state index < -0.39 is 0 Å². The van der Waals surface area contributed by atoms with E-state index in [1.165, 1.54) is 0 Å². The van der Waals surface area contributed by atoms with Crippen LogP contribution in [0.3, 0.4) is 0 Å². The fourth-order valence-electron chi connectivity index (χ4n) is 2.99. The number of nitrogens with one attached hydrogen (secondary N) is 2. The molecule has 0 bridgehead atoms. The Morgan fingerprint density at radius 2 is 2.08 bits per heavy atom. The van der Waals surface area contributed by atoms with Crippen molar-refractivity contribution < 1.29 is 4.79 Å². The Morgan fingerprint density at radius 1 is 1.32 bits per heavy atom. The van der Waals surface area contributed by atoms with Crippen LogP contribution in [-0.4, -0.2) is 39.8 Å². The first-order valence-electron chi connectivity index (χ1n) is 8.06. The maximum absolute atomic E-state index is 12.4. The zero-order valence-corrected chi connectivity index (χ0v) is 16.3. The van der Waals surface area contributed by atoms with Crippen molar-refractivity contribution in [2.75, 3.05) is 13.1 Å². The summed E-state index contributed by atoms with van der Waals surface area (Å²) in [5.41, 5.74) is 2.56. The fraction of sp³-hybridized carbons (Fsp3) is 0.471. The van der Waals surface area contributed by atoms with Crippen LogP contribution in [0.1, 0.15) is 35.1 Å². The van der Waals surface area contributed by atoms with Crippen LogP contribution < -0.4 is 10.6 Å². The first kappa shape index (κ1) is 21.4. The minimum atomic E-state index is -0.0591. The summed E-state index contributed by atoms with van der Waals surface area (Å²) in [5, 5.41) is 10.9. The van der Waals surface area contributed by atoms with Gasteiger partial charge in [-0.25, -0.2) is 9.67 Å². The molecule has 1 fully saturated rings. The van der Waals surface area contributed by atoms with Gasteiger partial charge in [-0.1, -0.05) is 6.92 Å². The van der Waals surface area contributed by atoms with Crippen LogP contribution in [0, 0.1) is 19.8 Å². The molecule has 0 aromatic carbocycles. The van der Waals surface area contributed by atoms with Crippen LogP contribution >= 0.6 is 24.8 Å². The summed E-state index contributed by atoms with van der Waals surface area (Å²) in [6.45, 7) is 7.98. The van der Waals surface area contributed by atoms with E-state index in [2.05, 4.69) is 27.6 Å². The number of hydrogen-bond donors (Lipinski definition) is 2. The van der Waals surface area contributed by atoms with Crippen LogP contribution in [0.2, 0.25) is 0 Å². The van der Waals surface area contributed by atoms with Crippen molar-refractivity contribution in [3.63, 3.8) is 0 Å². The van der Waals surface area contributed by atoms with Gasteiger partial charge in [-0.3, -0.25) is 4.79 Å². The number of halogens is 2. The van der Waals surface area contributed by atoms with Crippen molar-refractivity contribution in [2.45, 2.75) is 33.2 Å². The van der Waals surface area contributed by atoms with Gasteiger partial charge in [0.2, 0.25) is 0 Å². The van der Waals surface area contributed by atoms with Gasteiger partial charge < -0.3 is 10.6 Å². The highest BCUT2D eigenvalue weighted by atomic mass is 35.5. The molecular weight excluding hydrogens is 361 g/mol. The predicted octanol–water partition coefficient (Wildman–Crippen LogP) is 2.46. The third-order valence-corrected chi connectivity index (χ3v) is 4.34. The van der Waals surface area contributed by atoms with Crippen molar-refractivity contribution in [3.8, 4) is 5.82 Å². The quantitative estimate of drug-likeness (QED) is 0.850. The van der Waals surface area contributed by atoms with Gasteiger partial charge in [0, 0.05) is 17.9 Å². The molecule has 0 radical (unpaired) electrons. The van der Waals surface area contributed by atoms with Gasteiger partial charge in [-0.05, 0) is 57.5 Å². The van der Waals surface area contributed by atoms with Gasteiger partial charge in [0.25, 0.3) is 5.91 Å². The van der Waals surface area contributed by atoms with Gasteiger partial charge in [-0.2, -0.15) is 5.10 Å². The summed E-state index contributed by atoms with van der Waals surface area (Å²) in [4.78, 5) is 16.8. The molecule has 2 N–H and O–H groups in total. The Balaban J connectivity index is 0.00000156. The number of aryl methyl sites for hydroxylation is 2. The molecule has 3 heterocycles. The molecule has 1 saturated heterocycles. The number of carbonyl (C=O) groups excluding carboxylic acids is 1. The Hall–Kier alpha value is -1.63. The number of carbonyl (C=O) groups is 1. The van der Waals surface area contributed by atoms with E-state index in [0.29, 0.717) is 11.5 Å². The summed E-state index contributed by atoms with van der Waals surface area (Å²) >= 11 is 0. The van der Waals surface area contributed by atoms with Crippen molar-refractivity contribution in [1.82, 2.24) is 25.4 Å². The van der Waals surface area contributed by atoms with E-state index in [4.69, 9.17) is 0 Å². The molecule has 1 aliphatic rings. The molecule has 1 aliphatic heterocycles. The molecule has 2 aromatic heterocycles. The van der Waals surface area contributed by atoms with Gasteiger partial charge in [0.15, 0.2) is 5.82 Å². The normalized spacial score (nSPS) is 19.5. The van der Waals surface area contributed by atoms with Crippen molar-refractivity contribution >= 4 is 30.7 Å². The first-order valence-corrected chi connectivity index (χ1v) is 8.06. The van der Waals surface area contributed by atoms with Gasteiger partial charge in [-0.15, -0.1) is 24.8 Å². The van der Waals surface area contributed by atoms with Crippen molar-refractivity contribution in [3.05, 3.63) is 41.3 Å². The summed E-state index contributed by atoms with van der Waals surface area (Å²) in [6.07, 6.45) is 2.58. The number of piperidine rings is 1. The Morgan fingerprint density at radius 3 is 2.64 bits per heavy atom. The van der Waals surface area contributed by atoms with Crippen molar-refractivity contribution in [1.29, 1.82) is 0 Å². The number of rotatable bonds is 3. The molecular formula is C17H25Cl2N5O. The molecule has 0 aliphatic carbocycles. The lowest BCUT2D eigenvalue weighted by molar-refractivity contribution is 0.0914. The second kappa shape index (κ2) is 9.17. The smallest absolute Gasteiger partial charge is 0.253 e. The van der Waals surface area contributed by atoms with Gasteiger partial charge in [0.1, 0.15) is 0 Å². The third-order valence-electron chi connectivity index (χ3n) is 4.34. The van der Waals surface area contributed by atoms with Crippen LogP contribution in [-0.2, 0) is 0 Å². The Labute approximate surface area is 160 Å². The van der Waals surface area contributed by atoms with Crippen molar-refractivity contribution in [2.24, 2.45) is 5.92 Å². The number of aromatic nitrogens is 3. The molecule has 0 saturated carbocycles. The standard InChI is InChI=1S/C17H23N5O.2ClH/c1-11-9-18-7-6-15(11)20-17(23)14-4-5-16(19-10-14)22-13(3)8-12(2)21-22;;/h4-5,8,10-11,15,18H,6-7,9H2,1-3H3,(H,20,23);2*1H. The Kier molecular flexibility index (Phi) is 7.86.